The average Bonchev–Trinajstić information content (AvgIpc) is 2.63. The molecule has 0 aliphatic heterocycles. The van der Waals surface area contributed by atoms with E-state index in [0.717, 1.165) is 0 Å². The lowest BCUT2D eigenvalue weighted by molar-refractivity contribution is -0.165. The largest absolute Gasteiger partial charge is 0.509 e. The van der Waals surface area contributed by atoms with Gasteiger partial charge in [-0.1, -0.05) is 0 Å². The van der Waals surface area contributed by atoms with Gasteiger partial charge in [0.15, 0.2) is 0 Å². The molecule has 0 saturated carbocycles. The highest BCUT2D eigenvalue weighted by atomic mass is 16.7. The quantitative estimate of drug-likeness (QED) is 0.337. The fourth-order valence-corrected chi connectivity index (χ4v) is 2.22. The molecule has 0 unspecified atom stereocenters. The number of rotatable bonds is 9. The van der Waals surface area contributed by atoms with E-state index in [9.17, 15) is 24.0 Å². The van der Waals surface area contributed by atoms with Gasteiger partial charge in [-0.2, -0.15) is 0 Å². The molecule has 0 atom stereocenters. The number of anilines is 2. The molecule has 0 spiro atoms. The highest BCUT2D eigenvalue weighted by molar-refractivity contribution is 5.97. The predicted molar refractivity (Wildman–Crippen MR) is 108 cm³/mol. The standard InChI is InChI=1S/C20H26N2O9/c1-6-28-19(27)31-20(4,5)18(26)30-8-7-29-17(25)14-9-15(21-12(2)23)11-16(10-14)22-13(3)24/h9-11H,6-8H2,1-5H3,(H,21,23)(H,22,24). The molecule has 0 heterocycles. The summed E-state index contributed by atoms with van der Waals surface area (Å²) in [7, 11) is 0. The van der Waals surface area contributed by atoms with Crippen molar-refractivity contribution in [3.05, 3.63) is 23.8 Å². The monoisotopic (exact) mass is 438 g/mol. The predicted octanol–water partition coefficient (Wildman–Crippen LogP) is 2.26. The Labute approximate surface area is 179 Å². The summed E-state index contributed by atoms with van der Waals surface area (Å²) in [6.07, 6.45) is -1.01. The Bertz CT molecular complexity index is 815. The maximum atomic E-state index is 12.3. The van der Waals surface area contributed by atoms with Crippen molar-refractivity contribution < 1.29 is 42.9 Å². The number of esters is 2. The Morgan fingerprint density at radius 1 is 0.839 bits per heavy atom. The maximum Gasteiger partial charge on any atom is 0.509 e. The van der Waals surface area contributed by atoms with Gasteiger partial charge in [-0.3, -0.25) is 9.59 Å². The molecule has 2 amide bonds. The first kappa shape index (κ1) is 25.4. The van der Waals surface area contributed by atoms with E-state index in [1.807, 2.05) is 0 Å². The molecule has 31 heavy (non-hydrogen) atoms. The minimum atomic E-state index is -1.59. The van der Waals surface area contributed by atoms with Crippen LogP contribution in [-0.4, -0.2) is 55.3 Å². The molecule has 0 radical (unpaired) electrons. The molecule has 0 saturated heterocycles. The Hall–Kier alpha value is -3.63. The average molecular weight is 438 g/mol. The number of carbonyl (C=O) groups is 5. The molecule has 2 N–H and O–H groups in total. The molecular weight excluding hydrogens is 412 g/mol. The second-order valence-corrected chi connectivity index (χ2v) is 6.73. The third kappa shape index (κ3) is 9.15. The van der Waals surface area contributed by atoms with Gasteiger partial charge >= 0.3 is 18.1 Å². The van der Waals surface area contributed by atoms with Crippen LogP contribution in [0.15, 0.2) is 18.2 Å². The molecule has 1 rings (SSSR count). The van der Waals surface area contributed by atoms with Crippen molar-refractivity contribution in [2.75, 3.05) is 30.5 Å². The summed E-state index contributed by atoms with van der Waals surface area (Å²) in [5.74, 6) is -2.34. The molecule has 1 aromatic carbocycles. The van der Waals surface area contributed by atoms with E-state index in [4.69, 9.17) is 14.2 Å². The van der Waals surface area contributed by atoms with Crippen molar-refractivity contribution >= 4 is 41.3 Å². The van der Waals surface area contributed by atoms with E-state index in [1.54, 1.807) is 6.92 Å². The molecular formula is C20H26N2O9. The Morgan fingerprint density at radius 3 is 1.84 bits per heavy atom. The van der Waals surface area contributed by atoms with E-state index in [1.165, 1.54) is 45.9 Å². The lowest BCUT2D eigenvalue weighted by Gasteiger charge is -2.22. The summed E-state index contributed by atoms with van der Waals surface area (Å²) in [5, 5.41) is 5.04. The topological polar surface area (TPSA) is 146 Å². The second-order valence-electron chi connectivity index (χ2n) is 6.73. The number of hydrogen-bond donors (Lipinski definition) is 2. The maximum absolute atomic E-state index is 12.3. The van der Waals surface area contributed by atoms with Gasteiger partial charge in [0.25, 0.3) is 0 Å². The van der Waals surface area contributed by atoms with Crippen molar-refractivity contribution in [1.82, 2.24) is 0 Å². The molecule has 11 nitrogen and oxygen atoms in total. The minimum Gasteiger partial charge on any atom is -0.459 e. The zero-order chi connectivity index (χ0) is 23.6. The van der Waals surface area contributed by atoms with Crippen LogP contribution in [0.5, 0.6) is 0 Å². The number of benzene rings is 1. The van der Waals surface area contributed by atoms with Crippen molar-refractivity contribution in [3.8, 4) is 0 Å². The lowest BCUT2D eigenvalue weighted by atomic mass is 10.1. The molecule has 0 aromatic heterocycles. The normalized spacial score (nSPS) is 10.5. The minimum absolute atomic E-state index is 0.0623. The van der Waals surface area contributed by atoms with Crippen LogP contribution in [0.2, 0.25) is 0 Å². The van der Waals surface area contributed by atoms with Crippen LogP contribution in [0.3, 0.4) is 0 Å². The second kappa shape index (κ2) is 11.5. The smallest absolute Gasteiger partial charge is 0.459 e. The Morgan fingerprint density at radius 2 is 1.35 bits per heavy atom. The summed E-state index contributed by atoms with van der Waals surface area (Å²) in [6.45, 7) is 6.36. The number of amides is 2. The van der Waals surface area contributed by atoms with Gasteiger partial charge in [-0.25, -0.2) is 14.4 Å². The summed E-state index contributed by atoms with van der Waals surface area (Å²) in [5.41, 5.74) is -0.951. The zero-order valence-electron chi connectivity index (χ0n) is 18.0. The third-order valence-corrected chi connectivity index (χ3v) is 3.45. The van der Waals surface area contributed by atoms with Crippen LogP contribution in [0.1, 0.15) is 45.0 Å². The fraction of sp³-hybridized carbons (Fsp3) is 0.450. The van der Waals surface area contributed by atoms with E-state index >= 15 is 0 Å². The molecule has 0 aliphatic carbocycles. The summed E-state index contributed by atoms with van der Waals surface area (Å²) < 4.78 is 19.5. The first-order valence-corrected chi connectivity index (χ1v) is 9.35. The van der Waals surface area contributed by atoms with Crippen molar-refractivity contribution in [2.24, 2.45) is 0 Å². The molecule has 0 aliphatic rings. The SMILES string of the molecule is CCOC(=O)OC(C)(C)C(=O)OCCOC(=O)c1cc(NC(C)=O)cc(NC(C)=O)c1. The van der Waals surface area contributed by atoms with E-state index < -0.39 is 23.7 Å². The number of hydrogen-bond acceptors (Lipinski definition) is 9. The summed E-state index contributed by atoms with van der Waals surface area (Å²) in [6, 6.07) is 4.22. The third-order valence-electron chi connectivity index (χ3n) is 3.45. The van der Waals surface area contributed by atoms with Gasteiger partial charge < -0.3 is 29.6 Å². The summed E-state index contributed by atoms with van der Waals surface area (Å²) in [4.78, 5) is 58.3. The molecule has 170 valence electrons. The molecule has 1 aromatic rings. The number of ether oxygens (including phenoxy) is 4. The first-order chi connectivity index (χ1) is 14.4. The van der Waals surface area contributed by atoms with E-state index in [0.29, 0.717) is 0 Å². The Balaban J connectivity index is 2.67. The van der Waals surface area contributed by atoms with Crippen LogP contribution < -0.4 is 10.6 Å². The van der Waals surface area contributed by atoms with Gasteiger partial charge in [0.1, 0.15) is 13.2 Å². The Kier molecular flexibility index (Phi) is 9.45. The van der Waals surface area contributed by atoms with Crippen LogP contribution in [0.4, 0.5) is 16.2 Å². The highest BCUT2D eigenvalue weighted by Gasteiger charge is 2.34. The lowest BCUT2D eigenvalue weighted by Crippen LogP contribution is -2.39. The number of carbonyl (C=O) groups excluding carboxylic acids is 5. The molecule has 0 bridgehead atoms. The summed E-state index contributed by atoms with van der Waals surface area (Å²) >= 11 is 0. The first-order valence-electron chi connectivity index (χ1n) is 9.35. The number of nitrogens with one attached hydrogen (secondary N) is 2. The van der Waals surface area contributed by atoms with Crippen LogP contribution in [-0.2, 0) is 33.3 Å². The van der Waals surface area contributed by atoms with Crippen LogP contribution >= 0.6 is 0 Å². The van der Waals surface area contributed by atoms with Crippen molar-refractivity contribution in [1.29, 1.82) is 0 Å². The van der Waals surface area contributed by atoms with Gasteiger partial charge in [-0.15, -0.1) is 0 Å². The van der Waals surface area contributed by atoms with Gasteiger partial charge in [0.2, 0.25) is 17.4 Å². The fourth-order valence-electron chi connectivity index (χ4n) is 2.22. The van der Waals surface area contributed by atoms with Gasteiger partial charge in [-0.05, 0) is 39.0 Å². The molecule has 11 heteroatoms. The van der Waals surface area contributed by atoms with Crippen molar-refractivity contribution in [3.63, 3.8) is 0 Å². The van der Waals surface area contributed by atoms with Gasteiger partial charge in [0.05, 0.1) is 12.2 Å². The van der Waals surface area contributed by atoms with Gasteiger partial charge in [0, 0.05) is 25.2 Å². The molecule has 0 fully saturated rings. The highest BCUT2D eigenvalue weighted by Crippen LogP contribution is 2.20. The van der Waals surface area contributed by atoms with Crippen molar-refractivity contribution in [2.45, 2.75) is 40.2 Å². The zero-order valence-corrected chi connectivity index (χ0v) is 18.0. The van der Waals surface area contributed by atoms with E-state index in [2.05, 4.69) is 15.4 Å². The van der Waals surface area contributed by atoms with Crippen LogP contribution in [0.25, 0.3) is 0 Å². The van der Waals surface area contributed by atoms with Crippen LogP contribution in [0, 0.1) is 0 Å². The van der Waals surface area contributed by atoms with E-state index in [-0.39, 0.29) is 48.6 Å².